The van der Waals surface area contributed by atoms with Crippen molar-refractivity contribution in [1.29, 1.82) is 0 Å². The van der Waals surface area contributed by atoms with E-state index in [2.05, 4.69) is 22.2 Å². The van der Waals surface area contributed by atoms with Crippen LogP contribution in [0.4, 0.5) is 10.6 Å². The number of hydrogen-bond acceptors (Lipinski definition) is 7. The second kappa shape index (κ2) is 11.0. The van der Waals surface area contributed by atoms with Gasteiger partial charge in [-0.3, -0.25) is 19.6 Å². The Labute approximate surface area is 217 Å². The number of rotatable bonds is 6. The molecule has 1 aliphatic heterocycles. The van der Waals surface area contributed by atoms with Gasteiger partial charge in [0.1, 0.15) is 5.82 Å². The molecule has 11 nitrogen and oxygen atoms in total. The van der Waals surface area contributed by atoms with E-state index in [1.54, 1.807) is 35.9 Å². The quantitative estimate of drug-likeness (QED) is 0.525. The number of carbonyl (C=O) groups excluding carboxylic acids is 2. The van der Waals surface area contributed by atoms with Crippen molar-refractivity contribution in [1.82, 2.24) is 24.3 Å². The molecule has 2 heterocycles. The van der Waals surface area contributed by atoms with Crippen LogP contribution in [0.3, 0.4) is 0 Å². The highest BCUT2D eigenvalue weighted by molar-refractivity contribution is 5.89. The summed E-state index contributed by atoms with van der Waals surface area (Å²) in [5, 5.41) is 2.69. The second-order valence-electron chi connectivity index (χ2n) is 10.7. The molecule has 37 heavy (non-hydrogen) atoms. The number of piperazine rings is 1. The van der Waals surface area contributed by atoms with Crippen molar-refractivity contribution in [3.05, 3.63) is 52.6 Å². The van der Waals surface area contributed by atoms with Crippen molar-refractivity contribution in [3.63, 3.8) is 0 Å². The minimum Gasteiger partial charge on any atom is -0.338 e. The number of carbonyl (C=O) groups is 2. The van der Waals surface area contributed by atoms with Crippen LogP contribution in [0.15, 0.2) is 41.3 Å². The number of nitrogens with two attached hydrogens (primary N) is 2. The molecule has 1 aromatic carbocycles. The number of benzene rings is 1. The molecule has 200 valence electrons. The highest BCUT2D eigenvalue weighted by Gasteiger charge is 2.31. The normalized spacial score (nSPS) is 20.4. The van der Waals surface area contributed by atoms with Crippen LogP contribution in [0.1, 0.15) is 38.7 Å². The number of aromatic nitrogens is 2. The highest BCUT2D eigenvalue weighted by atomic mass is 16.2. The molecule has 1 saturated carbocycles. The summed E-state index contributed by atoms with van der Waals surface area (Å²) >= 11 is 0. The third kappa shape index (κ3) is 6.54. The number of hydrogen-bond donors (Lipinski definition) is 3. The Hall–Kier alpha value is -3.28. The topological polar surface area (TPSA) is 143 Å². The second-order valence-corrected chi connectivity index (χ2v) is 10.7. The van der Waals surface area contributed by atoms with Crippen LogP contribution in [-0.4, -0.2) is 87.0 Å². The molecule has 1 aromatic heterocycles. The van der Waals surface area contributed by atoms with Crippen LogP contribution in [0.25, 0.3) is 5.69 Å². The monoisotopic (exact) mass is 510 g/mol. The van der Waals surface area contributed by atoms with E-state index in [1.165, 1.54) is 4.57 Å². The van der Waals surface area contributed by atoms with Crippen molar-refractivity contribution in [3.8, 4) is 5.69 Å². The molecule has 11 heteroatoms. The zero-order valence-electron chi connectivity index (χ0n) is 21.9. The summed E-state index contributed by atoms with van der Waals surface area (Å²) in [6, 6.07) is 9.86. The lowest BCUT2D eigenvalue weighted by molar-refractivity contribution is -0.137. The minimum absolute atomic E-state index is 0.142. The van der Waals surface area contributed by atoms with Gasteiger partial charge >= 0.3 is 11.7 Å². The summed E-state index contributed by atoms with van der Waals surface area (Å²) < 4.78 is 1.44. The van der Waals surface area contributed by atoms with Gasteiger partial charge < -0.3 is 21.3 Å². The smallest absolute Gasteiger partial charge is 0.338 e. The van der Waals surface area contributed by atoms with Crippen LogP contribution < -0.4 is 22.5 Å². The predicted octanol–water partition coefficient (Wildman–Crippen LogP) is 0.958. The molecule has 5 N–H and O–H groups in total. The Morgan fingerprint density at radius 2 is 1.73 bits per heavy atom. The maximum atomic E-state index is 12.7. The first-order valence-electron chi connectivity index (χ1n) is 12.8. The lowest BCUT2D eigenvalue weighted by Crippen LogP contribution is -2.58. The molecule has 2 atom stereocenters. The van der Waals surface area contributed by atoms with E-state index >= 15 is 0 Å². The van der Waals surface area contributed by atoms with Crippen molar-refractivity contribution in [2.75, 3.05) is 38.5 Å². The number of anilines is 1. The average molecular weight is 511 g/mol. The van der Waals surface area contributed by atoms with E-state index in [-0.39, 0.29) is 17.8 Å². The summed E-state index contributed by atoms with van der Waals surface area (Å²) in [7, 11) is 2.12. The predicted molar refractivity (Wildman–Crippen MR) is 142 cm³/mol. The lowest BCUT2D eigenvalue weighted by Gasteiger charge is -2.37. The van der Waals surface area contributed by atoms with Crippen LogP contribution in [0, 0.1) is 0 Å². The number of amides is 3. The van der Waals surface area contributed by atoms with Gasteiger partial charge in [0.25, 0.3) is 0 Å². The molecule has 0 radical (unpaired) electrons. The highest BCUT2D eigenvalue weighted by Crippen LogP contribution is 2.23. The molecule has 2 fully saturated rings. The fraction of sp³-hybridized carbons (Fsp3) is 0.538. The SMILES string of the molecule is CN(Cc1ccc(-n2ccc(NC(=O)N3CCN(C(=O)C(C)(C)N)CC3)nc2=O)cc1)C1CC[C@H](N)C1. The molecule has 3 amide bonds. The Balaban J connectivity index is 1.32. The fourth-order valence-electron chi connectivity index (χ4n) is 4.95. The number of nitrogens with zero attached hydrogens (tertiary/aromatic N) is 5. The molecule has 1 unspecified atom stereocenters. The first-order chi connectivity index (χ1) is 17.5. The minimum atomic E-state index is -0.945. The number of urea groups is 1. The van der Waals surface area contributed by atoms with Gasteiger partial charge in [-0.05, 0) is 63.9 Å². The van der Waals surface area contributed by atoms with E-state index in [0.29, 0.717) is 44.0 Å². The molecule has 1 saturated heterocycles. The van der Waals surface area contributed by atoms with E-state index < -0.39 is 11.2 Å². The van der Waals surface area contributed by atoms with E-state index in [1.807, 2.05) is 24.3 Å². The molecule has 4 rings (SSSR count). The van der Waals surface area contributed by atoms with Gasteiger partial charge in [0.15, 0.2) is 0 Å². The summed E-state index contributed by atoms with van der Waals surface area (Å²) in [5.74, 6) is 0.0392. The van der Waals surface area contributed by atoms with E-state index in [4.69, 9.17) is 11.5 Å². The van der Waals surface area contributed by atoms with E-state index in [0.717, 1.165) is 31.4 Å². The summed E-state index contributed by atoms with van der Waals surface area (Å²) in [5.41, 5.74) is 12.4. The van der Waals surface area contributed by atoms with Crippen molar-refractivity contribution in [2.24, 2.45) is 11.5 Å². The zero-order valence-corrected chi connectivity index (χ0v) is 21.9. The van der Waals surface area contributed by atoms with Gasteiger partial charge in [-0.15, -0.1) is 0 Å². The Bertz CT molecular complexity index is 1170. The zero-order chi connectivity index (χ0) is 26.7. The Morgan fingerprint density at radius 1 is 1.08 bits per heavy atom. The van der Waals surface area contributed by atoms with Gasteiger partial charge in [0.2, 0.25) is 5.91 Å². The lowest BCUT2D eigenvalue weighted by atomic mass is 10.1. The third-order valence-electron chi connectivity index (χ3n) is 7.16. The average Bonchev–Trinajstić information content (AvgIpc) is 3.30. The fourth-order valence-corrected chi connectivity index (χ4v) is 4.95. The summed E-state index contributed by atoms with van der Waals surface area (Å²) in [4.78, 5) is 47.3. The van der Waals surface area contributed by atoms with Crippen LogP contribution >= 0.6 is 0 Å². The van der Waals surface area contributed by atoms with Gasteiger partial charge in [0.05, 0.1) is 11.2 Å². The van der Waals surface area contributed by atoms with Gasteiger partial charge in [-0.25, -0.2) is 9.59 Å². The molecule has 2 aromatic rings. The maximum absolute atomic E-state index is 12.7. The molecule has 0 bridgehead atoms. The van der Waals surface area contributed by atoms with Gasteiger partial charge in [0, 0.05) is 51.0 Å². The Morgan fingerprint density at radius 3 is 2.30 bits per heavy atom. The standard InChI is InChI=1S/C26H38N8O3/c1-26(2,28)23(35)32-12-14-33(15-13-32)24(36)29-22-10-11-34(25(37)30-22)20-7-4-18(5-8-20)17-31(3)21-9-6-19(27)16-21/h4-5,7-8,10-11,19,21H,6,9,12-17,27-28H2,1-3H3,(H,29,30,36,37)/t19-,21?/m0/s1. The maximum Gasteiger partial charge on any atom is 0.354 e. The van der Waals surface area contributed by atoms with Gasteiger partial charge in [-0.1, -0.05) is 12.1 Å². The Kier molecular flexibility index (Phi) is 7.96. The van der Waals surface area contributed by atoms with Crippen molar-refractivity contribution < 1.29 is 9.59 Å². The van der Waals surface area contributed by atoms with Crippen LogP contribution in [-0.2, 0) is 11.3 Å². The largest absolute Gasteiger partial charge is 0.354 e. The molecule has 0 spiro atoms. The molecule has 2 aliphatic rings. The van der Waals surface area contributed by atoms with Crippen LogP contribution in [0.5, 0.6) is 0 Å². The first kappa shape index (κ1) is 26.8. The van der Waals surface area contributed by atoms with E-state index in [9.17, 15) is 14.4 Å². The molecule has 1 aliphatic carbocycles. The third-order valence-corrected chi connectivity index (χ3v) is 7.16. The van der Waals surface area contributed by atoms with Crippen molar-refractivity contribution >= 4 is 17.8 Å². The van der Waals surface area contributed by atoms with Crippen molar-refractivity contribution in [2.45, 2.75) is 57.3 Å². The first-order valence-corrected chi connectivity index (χ1v) is 12.8. The molecular formula is C26H38N8O3. The summed E-state index contributed by atoms with van der Waals surface area (Å²) in [6.07, 6.45) is 4.83. The van der Waals surface area contributed by atoms with Crippen LogP contribution in [0.2, 0.25) is 0 Å². The molecular weight excluding hydrogens is 472 g/mol. The number of nitrogens with one attached hydrogen (secondary N) is 1. The summed E-state index contributed by atoms with van der Waals surface area (Å²) in [6.45, 7) is 5.72. The van der Waals surface area contributed by atoms with Gasteiger partial charge in [-0.2, -0.15) is 4.98 Å².